The van der Waals surface area contributed by atoms with Crippen LogP contribution in [0.25, 0.3) is 0 Å². The van der Waals surface area contributed by atoms with Gasteiger partial charge in [-0.25, -0.2) is 0 Å². The lowest BCUT2D eigenvalue weighted by molar-refractivity contribution is -0.130. The number of para-hydroxylation sites is 1. The van der Waals surface area contributed by atoms with Crippen LogP contribution in [0, 0.1) is 0 Å². The summed E-state index contributed by atoms with van der Waals surface area (Å²) in [7, 11) is 0. The van der Waals surface area contributed by atoms with Gasteiger partial charge in [0.2, 0.25) is 0 Å². The number of hydrogen-bond acceptors (Lipinski definition) is 2. The summed E-state index contributed by atoms with van der Waals surface area (Å²) in [6, 6.07) is 9.61. The van der Waals surface area contributed by atoms with Gasteiger partial charge in [-0.2, -0.15) is 0 Å². The molecule has 0 aliphatic heterocycles. The third-order valence-electron chi connectivity index (χ3n) is 6.30. The van der Waals surface area contributed by atoms with Gasteiger partial charge in [-0.15, -0.1) is 0 Å². The number of anilines is 1. The van der Waals surface area contributed by atoms with Crippen LogP contribution in [0.3, 0.4) is 0 Å². The zero-order chi connectivity index (χ0) is 23.3. The first-order valence-electron chi connectivity index (χ1n) is 13.7. The monoisotopic (exact) mass is 445 g/mol. The number of hydrogen-bond donors (Lipinski definition) is 1. The van der Waals surface area contributed by atoms with E-state index in [1.165, 1.54) is 89.9 Å². The van der Waals surface area contributed by atoms with Gasteiger partial charge in [0, 0.05) is 5.69 Å². The number of nitrogens with one attached hydrogen (secondary N) is 1. The number of unbranched alkanes of at least 4 members (excludes halogenated alkanes) is 13. The van der Waals surface area contributed by atoms with Crippen molar-refractivity contribution in [2.45, 2.75) is 142 Å². The summed E-state index contributed by atoms with van der Waals surface area (Å²) >= 11 is 0. The highest BCUT2D eigenvalue weighted by molar-refractivity contribution is 5.93. The Labute approximate surface area is 199 Å². The molecule has 0 fully saturated rings. The molecule has 0 aliphatic carbocycles. The number of rotatable bonds is 21. The Morgan fingerprint density at radius 3 is 1.72 bits per heavy atom. The van der Waals surface area contributed by atoms with E-state index < -0.39 is 6.10 Å². The minimum atomic E-state index is -0.418. The van der Waals surface area contributed by atoms with Gasteiger partial charge >= 0.3 is 0 Å². The molecule has 2 unspecified atom stereocenters. The van der Waals surface area contributed by atoms with Crippen molar-refractivity contribution in [3.8, 4) is 0 Å². The Kier molecular flexibility index (Phi) is 18.2. The molecule has 2 atom stereocenters. The van der Waals surface area contributed by atoms with E-state index in [1.807, 2.05) is 37.3 Å². The highest BCUT2D eigenvalue weighted by atomic mass is 16.5. The van der Waals surface area contributed by atoms with Crippen molar-refractivity contribution in [1.82, 2.24) is 0 Å². The lowest BCUT2D eigenvalue weighted by Gasteiger charge is -2.22. The maximum atomic E-state index is 12.4. The molecular weight excluding hydrogens is 394 g/mol. The van der Waals surface area contributed by atoms with Crippen LogP contribution in [0.15, 0.2) is 30.3 Å². The lowest BCUT2D eigenvalue weighted by atomic mass is 10.0. The van der Waals surface area contributed by atoms with Crippen molar-refractivity contribution >= 4 is 11.6 Å². The molecule has 1 aromatic carbocycles. The number of carbonyl (C=O) groups excluding carboxylic acids is 1. The molecule has 184 valence electrons. The molecule has 3 nitrogen and oxygen atoms in total. The van der Waals surface area contributed by atoms with Crippen molar-refractivity contribution in [2.75, 3.05) is 5.32 Å². The van der Waals surface area contributed by atoms with E-state index in [0.29, 0.717) is 0 Å². The highest BCUT2D eigenvalue weighted by Gasteiger charge is 2.18. The van der Waals surface area contributed by atoms with Crippen LogP contribution in [0.2, 0.25) is 0 Å². The predicted octanol–water partition coefficient (Wildman–Crippen LogP) is 9.07. The average molecular weight is 446 g/mol. The minimum Gasteiger partial charge on any atom is -0.365 e. The molecule has 0 aliphatic rings. The maximum absolute atomic E-state index is 12.4. The summed E-state index contributed by atoms with van der Waals surface area (Å²) in [5.41, 5.74) is 0.826. The lowest BCUT2D eigenvalue weighted by Crippen LogP contribution is -2.31. The molecule has 0 radical (unpaired) electrons. The molecule has 32 heavy (non-hydrogen) atoms. The molecular formula is C29H51NO2. The molecule has 1 rings (SSSR count). The van der Waals surface area contributed by atoms with Crippen LogP contribution in [0.5, 0.6) is 0 Å². The van der Waals surface area contributed by atoms with E-state index >= 15 is 0 Å². The molecule has 0 spiro atoms. The number of ether oxygens (including phenoxy) is 1. The minimum absolute atomic E-state index is 0.0572. The second-order valence-electron chi connectivity index (χ2n) is 9.43. The summed E-state index contributed by atoms with van der Waals surface area (Å²) in [4.78, 5) is 12.4. The van der Waals surface area contributed by atoms with Crippen LogP contribution in [-0.4, -0.2) is 18.1 Å². The standard InChI is InChI=1S/C29H51NO2/c1-4-6-7-8-9-10-11-12-13-14-15-16-17-21-25-28(22-5-2)32-26(3)29(31)30-27-23-19-18-20-24-27/h18-20,23-24,26,28H,4-17,21-22,25H2,1-3H3,(H,30,31). The van der Waals surface area contributed by atoms with E-state index in [1.54, 1.807) is 0 Å². The molecule has 1 amide bonds. The topological polar surface area (TPSA) is 38.3 Å². The Bertz CT molecular complexity index is 545. The Morgan fingerprint density at radius 1 is 0.719 bits per heavy atom. The fourth-order valence-corrected chi connectivity index (χ4v) is 4.28. The third kappa shape index (κ3) is 15.5. The fourth-order valence-electron chi connectivity index (χ4n) is 4.28. The van der Waals surface area contributed by atoms with E-state index in [4.69, 9.17) is 4.74 Å². The van der Waals surface area contributed by atoms with Gasteiger partial charge in [-0.05, 0) is 31.9 Å². The second-order valence-corrected chi connectivity index (χ2v) is 9.43. The predicted molar refractivity (Wildman–Crippen MR) is 139 cm³/mol. The van der Waals surface area contributed by atoms with E-state index in [-0.39, 0.29) is 12.0 Å². The van der Waals surface area contributed by atoms with Crippen LogP contribution >= 0.6 is 0 Å². The largest absolute Gasteiger partial charge is 0.365 e. The smallest absolute Gasteiger partial charge is 0.253 e. The van der Waals surface area contributed by atoms with Crippen molar-refractivity contribution in [3.63, 3.8) is 0 Å². The van der Waals surface area contributed by atoms with Crippen molar-refractivity contribution in [1.29, 1.82) is 0 Å². The van der Waals surface area contributed by atoms with Crippen LogP contribution < -0.4 is 5.32 Å². The summed E-state index contributed by atoms with van der Waals surface area (Å²) in [5, 5.41) is 2.95. The quantitative estimate of drug-likeness (QED) is 0.192. The van der Waals surface area contributed by atoms with E-state index in [0.717, 1.165) is 24.9 Å². The molecule has 0 saturated heterocycles. The number of amides is 1. The van der Waals surface area contributed by atoms with E-state index in [2.05, 4.69) is 19.2 Å². The highest BCUT2D eigenvalue weighted by Crippen LogP contribution is 2.17. The molecule has 0 bridgehead atoms. The normalized spacial score (nSPS) is 13.1. The molecule has 0 aromatic heterocycles. The third-order valence-corrected chi connectivity index (χ3v) is 6.30. The zero-order valence-corrected chi connectivity index (χ0v) is 21.4. The summed E-state index contributed by atoms with van der Waals surface area (Å²) in [5.74, 6) is -0.0572. The average Bonchev–Trinajstić information content (AvgIpc) is 2.80. The first-order chi connectivity index (χ1) is 15.7. The van der Waals surface area contributed by atoms with Crippen molar-refractivity contribution in [3.05, 3.63) is 30.3 Å². The van der Waals surface area contributed by atoms with Crippen molar-refractivity contribution in [2.24, 2.45) is 0 Å². The zero-order valence-electron chi connectivity index (χ0n) is 21.4. The van der Waals surface area contributed by atoms with Crippen molar-refractivity contribution < 1.29 is 9.53 Å². The van der Waals surface area contributed by atoms with Gasteiger partial charge in [0.05, 0.1) is 6.10 Å². The first kappa shape index (κ1) is 28.7. The van der Waals surface area contributed by atoms with Gasteiger partial charge in [-0.1, -0.05) is 128 Å². The van der Waals surface area contributed by atoms with Crippen LogP contribution in [0.4, 0.5) is 5.69 Å². The van der Waals surface area contributed by atoms with Gasteiger partial charge in [0.1, 0.15) is 6.10 Å². The van der Waals surface area contributed by atoms with Crippen LogP contribution in [-0.2, 0) is 9.53 Å². The molecule has 0 heterocycles. The SMILES string of the molecule is CCCCCCCCCCCCCCCCC(CCC)OC(C)C(=O)Nc1ccccc1. The molecule has 1 aromatic rings. The molecule has 0 saturated carbocycles. The Morgan fingerprint density at radius 2 is 1.22 bits per heavy atom. The maximum Gasteiger partial charge on any atom is 0.253 e. The van der Waals surface area contributed by atoms with Gasteiger partial charge in [0.15, 0.2) is 0 Å². The van der Waals surface area contributed by atoms with Gasteiger partial charge in [-0.3, -0.25) is 4.79 Å². The Hall–Kier alpha value is -1.35. The second kappa shape index (κ2) is 20.3. The van der Waals surface area contributed by atoms with Gasteiger partial charge < -0.3 is 10.1 Å². The summed E-state index contributed by atoms with van der Waals surface area (Å²) < 4.78 is 6.13. The number of benzene rings is 1. The molecule has 3 heteroatoms. The summed E-state index contributed by atoms with van der Waals surface area (Å²) in [6.45, 7) is 6.34. The summed E-state index contributed by atoms with van der Waals surface area (Å²) in [6.07, 6.45) is 22.3. The molecule has 1 N–H and O–H groups in total. The van der Waals surface area contributed by atoms with Gasteiger partial charge in [0.25, 0.3) is 5.91 Å². The number of carbonyl (C=O) groups is 1. The first-order valence-corrected chi connectivity index (χ1v) is 13.7. The van der Waals surface area contributed by atoms with Crippen LogP contribution in [0.1, 0.15) is 130 Å². The van der Waals surface area contributed by atoms with E-state index in [9.17, 15) is 4.79 Å². The fraction of sp³-hybridized carbons (Fsp3) is 0.759. The Balaban J connectivity index is 2.04.